The number of rotatable bonds is 8. The van der Waals surface area contributed by atoms with E-state index in [4.69, 9.17) is 14.6 Å². The third-order valence-corrected chi connectivity index (χ3v) is 2.89. The Morgan fingerprint density at radius 1 is 1.20 bits per heavy atom. The highest BCUT2D eigenvalue weighted by atomic mass is 16.5. The molecule has 114 valence electrons. The molecule has 0 atom stereocenters. The molecule has 0 aliphatic rings. The third-order valence-electron chi connectivity index (χ3n) is 2.89. The van der Waals surface area contributed by atoms with Gasteiger partial charge < -0.3 is 19.9 Å². The molecule has 0 aliphatic carbocycles. The van der Waals surface area contributed by atoms with Gasteiger partial charge in [-0.15, -0.1) is 0 Å². The van der Waals surface area contributed by atoms with Gasteiger partial charge in [-0.2, -0.15) is 0 Å². The Labute approximate surface area is 122 Å². The predicted octanol–water partition coefficient (Wildman–Crippen LogP) is 2.73. The van der Waals surface area contributed by atoms with Crippen molar-refractivity contribution in [3.8, 4) is 11.5 Å². The van der Waals surface area contributed by atoms with Crippen molar-refractivity contribution in [1.82, 2.24) is 5.32 Å². The van der Waals surface area contributed by atoms with Gasteiger partial charge in [0.2, 0.25) is 0 Å². The molecule has 1 aromatic rings. The van der Waals surface area contributed by atoms with Crippen molar-refractivity contribution in [3.05, 3.63) is 23.8 Å². The largest absolute Gasteiger partial charge is 0.493 e. The molecule has 0 saturated carbocycles. The molecule has 4 nitrogen and oxygen atoms in total. The van der Waals surface area contributed by atoms with Crippen LogP contribution in [-0.2, 0) is 6.54 Å². The van der Waals surface area contributed by atoms with E-state index in [0.717, 1.165) is 36.4 Å². The Kier molecular flexibility index (Phi) is 6.82. The average Bonchev–Trinajstić information content (AvgIpc) is 2.41. The second kappa shape index (κ2) is 8.12. The number of hydrogen-bond acceptors (Lipinski definition) is 4. The highest BCUT2D eigenvalue weighted by molar-refractivity contribution is 5.46. The Balaban J connectivity index is 2.76. The molecule has 1 rings (SSSR count). The number of nitrogens with one attached hydrogen (secondary N) is 1. The fourth-order valence-electron chi connectivity index (χ4n) is 1.77. The zero-order valence-electron chi connectivity index (χ0n) is 13.0. The summed E-state index contributed by atoms with van der Waals surface area (Å²) in [5.74, 6) is 1.55. The first-order valence-corrected chi connectivity index (χ1v) is 7.12. The lowest BCUT2D eigenvalue weighted by molar-refractivity contribution is 0.245. The number of para-hydroxylation sites is 1. The smallest absolute Gasteiger partial charge is 0.165 e. The van der Waals surface area contributed by atoms with Crippen LogP contribution in [0, 0.1) is 0 Å². The standard InChI is InChI=1S/C16H27NO3/c1-16(2,3)17-12-13-8-7-9-14(19-4)15(13)20-11-6-5-10-18/h7-9,17-18H,5-6,10-12H2,1-4H3. The molecular weight excluding hydrogens is 254 g/mol. The quantitative estimate of drug-likeness (QED) is 0.719. The molecule has 0 aromatic heterocycles. The molecule has 0 heterocycles. The minimum Gasteiger partial charge on any atom is -0.493 e. The van der Waals surface area contributed by atoms with Gasteiger partial charge in [0.05, 0.1) is 13.7 Å². The van der Waals surface area contributed by atoms with E-state index in [9.17, 15) is 0 Å². The van der Waals surface area contributed by atoms with Crippen molar-refractivity contribution >= 4 is 0 Å². The molecule has 1 aromatic carbocycles. The summed E-state index contributed by atoms with van der Waals surface area (Å²) in [6.45, 7) is 7.92. The number of ether oxygens (including phenoxy) is 2. The topological polar surface area (TPSA) is 50.7 Å². The Bertz CT molecular complexity index is 399. The van der Waals surface area contributed by atoms with Crippen molar-refractivity contribution in [2.24, 2.45) is 0 Å². The summed E-state index contributed by atoms with van der Waals surface area (Å²) in [6.07, 6.45) is 1.59. The summed E-state index contributed by atoms with van der Waals surface area (Å²) in [5.41, 5.74) is 1.14. The van der Waals surface area contributed by atoms with Crippen LogP contribution in [0.15, 0.2) is 18.2 Å². The fraction of sp³-hybridized carbons (Fsp3) is 0.625. The second-order valence-electron chi connectivity index (χ2n) is 5.83. The third kappa shape index (κ3) is 5.80. The molecule has 0 saturated heterocycles. The van der Waals surface area contributed by atoms with E-state index in [1.54, 1.807) is 7.11 Å². The van der Waals surface area contributed by atoms with E-state index >= 15 is 0 Å². The molecule has 0 aliphatic heterocycles. The van der Waals surface area contributed by atoms with Crippen LogP contribution in [0.5, 0.6) is 11.5 Å². The Morgan fingerprint density at radius 2 is 1.95 bits per heavy atom. The first-order valence-electron chi connectivity index (χ1n) is 7.12. The fourth-order valence-corrected chi connectivity index (χ4v) is 1.77. The molecule has 0 bridgehead atoms. The normalized spacial score (nSPS) is 11.4. The molecule has 0 unspecified atom stereocenters. The molecule has 4 heteroatoms. The van der Waals surface area contributed by atoms with Crippen molar-refractivity contribution in [1.29, 1.82) is 0 Å². The lowest BCUT2D eigenvalue weighted by Crippen LogP contribution is -2.35. The van der Waals surface area contributed by atoms with Crippen LogP contribution in [0.1, 0.15) is 39.2 Å². The number of aliphatic hydroxyl groups excluding tert-OH is 1. The Hall–Kier alpha value is -1.26. The summed E-state index contributed by atoms with van der Waals surface area (Å²) in [5, 5.41) is 12.3. The summed E-state index contributed by atoms with van der Waals surface area (Å²) in [4.78, 5) is 0. The molecule has 20 heavy (non-hydrogen) atoms. The minimum absolute atomic E-state index is 0.0528. The van der Waals surface area contributed by atoms with Crippen LogP contribution >= 0.6 is 0 Å². The lowest BCUT2D eigenvalue weighted by atomic mass is 10.1. The van der Waals surface area contributed by atoms with Gasteiger partial charge in [0.1, 0.15) is 0 Å². The zero-order valence-corrected chi connectivity index (χ0v) is 13.0. The van der Waals surface area contributed by atoms with Crippen molar-refractivity contribution in [3.63, 3.8) is 0 Å². The van der Waals surface area contributed by atoms with Crippen molar-refractivity contribution in [2.75, 3.05) is 20.3 Å². The van der Waals surface area contributed by atoms with Crippen molar-refractivity contribution < 1.29 is 14.6 Å². The van der Waals surface area contributed by atoms with Gasteiger partial charge in [0.15, 0.2) is 11.5 Å². The number of aliphatic hydroxyl groups is 1. The SMILES string of the molecule is COc1cccc(CNC(C)(C)C)c1OCCCCO. The number of hydrogen-bond donors (Lipinski definition) is 2. The van der Waals surface area contributed by atoms with Crippen LogP contribution in [0.4, 0.5) is 0 Å². The van der Waals surface area contributed by atoms with Crippen LogP contribution < -0.4 is 14.8 Å². The van der Waals surface area contributed by atoms with E-state index in [1.165, 1.54) is 0 Å². The molecule has 0 spiro atoms. The van der Waals surface area contributed by atoms with E-state index in [-0.39, 0.29) is 12.1 Å². The van der Waals surface area contributed by atoms with Crippen LogP contribution in [-0.4, -0.2) is 31.0 Å². The zero-order chi connectivity index (χ0) is 15.0. The van der Waals surface area contributed by atoms with Crippen molar-refractivity contribution in [2.45, 2.75) is 45.7 Å². The molecular formula is C16H27NO3. The van der Waals surface area contributed by atoms with Gasteiger partial charge in [-0.05, 0) is 39.7 Å². The molecule has 0 amide bonds. The van der Waals surface area contributed by atoms with Gasteiger partial charge in [0.25, 0.3) is 0 Å². The minimum atomic E-state index is 0.0528. The van der Waals surface area contributed by atoms with Gasteiger partial charge in [-0.1, -0.05) is 12.1 Å². The van der Waals surface area contributed by atoms with Gasteiger partial charge in [-0.25, -0.2) is 0 Å². The molecule has 0 radical (unpaired) electrons. The highest BCUT2D eigenvalue weighted by Crippen LogP contribution is 2.31. The monoisotopic (exact) mass is 281 g/mol. The van der Waals surface area contributed by atoms with E-state index in [2.05, 4.69) is 26.1 Å². The maximum atomic E-state index is 8.80. The second-order valence-corrected chi connectivity index (χ2v) is 5.83. The van der Waals surface area contributed by atoms with Gasteiger partial charge >= 0.3 is 0 Å². The van der Waals surface area contributed by atoms with E-state index < -0.39 is 0 Å². The average molecular weight is 281 g/mol. The van der Waals surface area contributed by atoms with E-state index in [1.807, 2.05) is 18.2 Å². The predicted molar refractivity (Wildman–Crippen MR) is 81.4 cm³/mol. The summed E-state index contributed by atoms with van der Waals surface area (Å²) >= 11 is 0. The van der Waals surface area contributed by atoms with Gasteiger partial charge in [-0.3, -0.25) is 0 Å². The van der Waals surface area contributed by atoms with E-state index in [0.29, 0.717) is 6.61 Å². The maximum absolute atomic E-state index is 8.80. The summed E-state index contributed by atoms with van der Waals surface area (Å²) in [7, 11) is 1.65. The number of benzene rings is 1. The molecule has 2 N–H and O–H groups in total. The van der Waals surface area contributed by atoms with Crippen LogP contribution in [0.2, 0.25) is 0 Å². The lowest BCUT2D eigenvalue weighted by Gasteiger charge is -2.22. The van der Waals surface area contributed by atoms with Crippen LogP contribution in [0.3, 0.4) is 0 Å². The number of methoxy groups -OCH3 is 1. The van der Waals surface area contributed by atoms with Crippen LogP contribution in [0.25, 0.3) is 0 Å². The first-order chi connectivity index (χ1) is 9.48. The highest BCUT2D eigenvalue weighted by Gasteiger charge is 2.14. The first kappa shape index (κ1) is 16.8. The number of unbranched alkanes of at least 4 members (excludes halogenated alkanes) is 1. The summed E-state index contributed by atoms with van der Waals surface area (Å²) in [6, 6.07) is 5.92. The summed E-state index contributed by atoms with van der Waals surface area (Å²) < 4.78 is 11.2. The maximum Gasteiger partial charge on any atom is 0.165 e. The van der Waals surface area contributed by atoms with Gasteiger partial charge in [0, 0.05) is 24.3 Å². The Morgan fingerprint density at radius 3 is 2.55 bits per heavy atom. The molecule has 0 fully saturated rings.